The Kier molecular flexibility index (Phi) is 7.77. The molecule has 1 unspecified atom stereocenters. The summed E-state index contributed by atoms with van der Waals surface area (Å²) < 4.78 is 13.6. The van der Waals surface area contributed by atoms with Gasteiger partial charge in [-0.3, -0.25) is 4.79 Å². The molecule has 6 rings (SSSR count). The number of benzene rings is 1. The van der Waals surface area contributed by atoms with Crippen molar-refractivity contribution in [1.82, 2.24) is 5.32 Å². The minimum atomic E-state index is -1.97. The molecule has 3 fully saturated rings. The number of carbonyl (C=O) groups is 1. The molecule has 2 N–H and O–H groups in total. The fraction of sp³-hybridized carbons (Fsp3) is 0.444. The molecular formula is C27H31ClN2O4S. The Bertz CT molecular complexity index is 1170. The number of furan rings is 1. The van der Waals surface area contributed by atoms with E-state index in [-0.39, 0.29) is 24.2 Å². The van der Waals surface area contributed by atoms with Gasteiger partial charge in [-0.15, -0.1) is 5.92 Å². The van der Waals surface area contributed by atoms with Crippen molar-refractivity contribution in [2.24, 2.45) is 5.92 Å². The lowest BCUT2D eigenvalue weighted by molar-refractivity contribution is -0.944. The predicted molar refractivity (Wildman–Crippen MR) is 132 cm³/mol. The van der Waals surface area contributed by atoms with Gasteiger partial charge in [0.2, 0.25) is 0 Å². The van der Waals surface area contributed by atoms with E-state index in [0.29, 0.717) is 12.5 Å². The monoisotopic (exact) mass is 514 g/mol. The molecule has 0 radical (unpaired) electrons. The zero-order valence-corrected chi connectivity index (χ0v) is 21.4. The Morgan fingerprint density at radius 3 is 2.80 bits per heavy atom. The maximum Gasteiger partial charge on any atom is 0.273 e. The summed E-state index contributed by atoms with van der Waals surface area (Å²) in [5, 5.41) is 16.4. The van der Waals surface area contributed by atoms with Crippen molar-refractivity contribution in [1.29, 1.82) is 0 Å². The molecule has 2 aromatic heterocycles. The van der Waals surface area contributed by atoms with E-state index in [1.165, 1.54) is 16.3 Å². The van der Waals surface area contributed by atoms with Gasteiger partial charge < -0.3 is 36.5 Å². The lowest BCUT2D eigenvalue weighted by atomic mass is 9.81. The summed E-state index contributed by atoms with van der Waals surface area (Å²) in [6.45, 7) is 6.48. The summed E-state index contributed by atoms with van der Waals surface area (Å²) in [4.78, 5) is 13.1. The third-order valence-electron chi connectivity index (χ3n) is 7.35. The molecule has 35 heavy (non-hydrogen) atoms. The average molecular weight is 515 g/mol. The third-order valence-corrected chi connectivity index (χ3v) is 8.38. The van der Waals surface area contributed by atoms with Crippen molar-refractivity contribution < 1.29 is 35.9 Å². The van der Waals surface area contributed by atoms with Gasteiger partial charge in [0.15, 0.2) is 10.8 Å². The van der Waals surface area contributed by atoms with Gasteiger partial charge in [-0.1, -0.05) is 35.5 Å². The Morgan fingerprint density at radius 2 is 2.09 bits per heavy atom. The minimum Gasteiger partial charge on any atom is -1.00 e. The second-order valence-electron chi connectivity index (χ2n) is 9.48. The minimum absolute atomic E-state index is 0. The van der Waals surface area contributed by atoms with Crippen molar-refractivity contribution in [3.05, 3.63) is 54.5 Å². The number of hydrogen-bond donors (Lipinski definition) is 2. The fourth-order valence-corrected chi connectivity index (χ4v) is 6.47. The van der Waals surface area contributed by atoms with Crippen molar-refractivity contribution in [2.75, 3.05) is 32.8 Å². The number of thiophene rings is 1. The lowest BCUT2D eigenvalue weighted by Gasteiger charge is -2.53. The van der Waals surface area contributed by atoms with Gasteiger partial charge in [-0.25, -0.2) is 0 Å². The Balaban J connectivity index is 0.00000289. The quantitative estimate of drug-likeness (QED) is 0.266. The van der Waals surface area contributed by atoms with E-state index in [1.54, 1.807) is 30.4 Å². The molecule has 3 aliphatic rings. The summed E-state index contributed by atoms with van der Waals surface area (Å²) in [5.41, 5.74) is -1.97. The number of aliphatic hydroxyl groups is 1. The van der Waals surface area contributed by atoms with Crippen LogP contribution in [-0.2, 0) is 10.4 Å². The molecule has 0 spiro atoms. The fourth-order valence-electron chi connectivity index (χ4n) is 5.53. The number of nitrogens with one attached hydrogen (secondary N) is 1. The number of rotatable bonds is 8. The summed E-state index contributed by atoms with van der Waals surface area (Å²) in [6.07, 6.45) is 4.58. The van der Waals surface area contributed by atoms with Crippen molar-refractivity contribution >= 4 is 27.3 Å². The van der Waals surface area contributed by atoms with E-state index < -0.39 is 11.5 Å². The van der Waals surface area contributed by atoms with Crippen LogP contribution in [0.15, 0.2) is 53.1 Å². The summed E-state index contributed by atoms with van der Waals surface area (Å²) in [6, 6.07) is 13.7. The van der Waals surface area contributed by atoms with Crippen molar-refractivity contribution in [2.45, 2.75) is 37.8 Å². The zero-order chi connectivity index (χ0) is 23.6. The van der Waals surface area contributed by atoms with E-state index in [4.69, 9.17) is 9.15 Å². The number of carbonyl (C=O) groups excluding carboxylic acids is 1. The highest BCUT2D eigenvalue weighted by Gasteiger charge is 2.48. The van der Waals surface area contributed by atoms with Crippen LogP contribution in [0.4, 0.5) is 0 Å². The summed E-state index contributed by atoms with van der Waals surface area (Å²) in [7, 11) is 0. The van der Waals surface area contributed by atoms with Crippen molar-refractivity contribution in [3.63, 3.8) is 0 Å². The maximum atomic E-state index is 13.1. The summed E-state index contributed by atoms with van der Waals surface area (Å²) in [5.74, 6) is 5.42. The first-order valence-corrected chi connectivity index (χ1v) is 12.8. The van der Waals surface area contributed by atoms with Crippen molar-refractivity contribution in [3.8, 4) is 16.9 Å². The second kappa shape index (κ2) is 10.6. The number of hydrogen-bond acceptors (Lipinski definition) is 5. The van der Waals surface area contributed by atoms with E-state index in [0.717, 1.165) is 55.0 Å². The molecule has 3 aromatic rings. The first-order valence-electron chi connectivity index (χ1n) is 12.0. The molecule has 2 atom stereocenters. The van der Waals surface area contributed by atoms with Crippen LogP contribution in [0, 0.1) is 17.8 Å². The lowest BCUT2D eigenvalue weighted by Crippen LogP contribution is -3.00. The second-order valence-corrected chi connectivity index (χ2v) is 10.5. The van der Waals surface area contributed by atoms with Gasteiger partial charge >= 0.3 is 0 Å². The molecule has 3 aliphatic heterocycles. The topological polar surface area (TPSA) is 71.7 Å². The SMILES string of the molecule is CC#CC(O)(C(=O)N[C@H]1C[N+]2(CCCOc3cc4ccccc4s3)CCC1CC2)c1ccco1.[Cl-]. The number of fused-ring (bicyclic) bond motifs is 4. The van der Waals surface area contributed by atoms with Gasteiger partial charge in [0.1, 0.15) is 0 Å². The third kappa shape index (κ3) is 5.22. The molecule has 8 heteroatoms. The van der Waals surface area contributed by atoms with Crippen LogP contribution in [0.25, 0.3) is 10.1 Å². The van der Waals surface area contributed by atoms with Crippen LogP contribution >= 0.6 is 11.3 Å². The van der Waals surface area contributed by atoms with E-state index >= 15 is 0 Å². The molecule has 5 heterocycles. The van der Waals surface area contributed by atoms with E-state index in [2.05, 4.69) is 41.4 Å². The molecule has 0 saturated carbocycles. The van der Waals surface area contributed by atoms with Crippen LogP contribution in [0.2, 0.25) is 0 Å². The smallest absolute Gasteiger partial charge is 0.273 e. The van der Waals surface area contributed by atoms with Crippen LogP contribution in [0.3, 0.4) is 0 Å². The first kappa shape index (κ1) is 25.6. The molecule has 6 nitrogen and oxygen atoms in total. The number of piperidine rings is 3. The molecule has 0 aliphatic carbocycles. The maximum absolute atomic E-state index is 13.1. The van der Waals surface area contributed by atoms with E-state index in [1.807, 2.05) is 6.07 Å². The van der Waals surface area contributed by atoms with Gasteiger partial charge in [0, 0.05) is 24.0 Å². The van der Waals surface area contributed by atoms with E-state index in [9.17, 15) is 9.90 Å². The van der Waals surface area contributed by atoms with Crippen LogP contribution in [0.1, 0.15) is 31.9 Å². The van der Waals surface area contributed by atoms with Crippen LogP contribution in [-0.4, -0.2) is 54.3 Å². The van der Waals surface area contributed by atoms with Gasteiger partial charge in [0.05, 0.1) is 45.1 Å². The molecule has 1 aromatic carbocycles. The van der Waals surface area contributed by atoms with Gasteiger partial charge in [-0.2, -0.15) is 0 Å². The molecular weight excluding hydrogens is 484 g/mol. The first-order chi connectivity index (χ1) is 16.5. The van der Waals surface area contributed by atoms with Crippen LogP contribution in [0.5, 0.6) is 5.06 Å². The Morgan fingerprint density at radius 1 is 1.29 bits per heavy atom. The molecule has 186 valence electrons. The van der Waals surface area contributed by atoms with Crippen LogP contribution < -0.4 is 22.5 Å². The Hall–Kier alpha value is -2.50. The predicted octanol–water partition coefficient (Wildman–Crippen LogP) is 0.903. The molecule has 1 amide bonds. The summed E-state index contributed by atoms with van der Waals surface area (Å²) >= 11 is 1.69. The Labute approximate surface area is 216 Å². The zero-order valence-electron chi connectivity index (χ0n) is 19.8. The van der Waals surface area contributed by atoms with Gasteiger partial charge in [0.25, 0.3) is 11.5 Å². The van der Waals surface area contributed by atoms with Gasteiger partial charge in [-0.05, 0) is 42.5 Å². The number of nitrogens with zero attached hydrogens (tertiary/aromatic N) is 1. The normalized spacial score (nSPS) is 24.6. The number of quaternary nitrogens is 1. The largest absolute Gasteiger partial charge is 1.00 e. The highest BCUT2D eigenvalue weighted by Crippen LogP contribution is 2.35. The average Bonchev–Trinajstić information content (AvgIpc) is 3.53. The highest BCUT2D eigenvalue weighted by molar-refractivity contribution is 7.20. The number of halogens is 1. The number of ether oxygens (including phenoxy) is 1. The molecule has 2 bridgehead atoms. The molecule has 3 saturated heterocycles. The standard InChI is InChI=1S/C27H30N2O4S.ClH/c1-2-12-27(31,24-9-5-16-32-24)26(30)28-22-19-29(14-10-20(22)11-15-29)13-6-17-33-25-18-21-7-3-4-8-23(21)34-25;/h3-5,7-9,16,18,20,22,31H,6,10-11,13-15,17,19H2,1H3;1H/t20?,22-,27?,29?;/m0./s1. The highest BCUT2D eigenvalue weighted by atomic mass is 35.5. The number of amides is 1.